The lowest BCUT2D eigenvalue weighted by Crippen LogP contribution is -2.46. The molecule has 0 bridgehead atoms. The number of carbonyl (C=O) groups is 1. The second-order valence-electron chi connectivity index (χ2n) is 4.08. The van der Waals surface area contributed by atoms with Crippen molar-refractivity contribution in [2.24, 2.45) is 0 Å². The average molecular weight is 201 g/mol. The molecule has 84 valence electrons. The first-order chi connectivity index (χ1) is 6.52. The highest BCUT2D eigenvalue weighted by Crippen LogP contribution is 2.15. The van der Waals surface area contributed by atoms with Gasteiger partial charge in [0.25, 0.3) is 0 Å². The van der Waals surface area contributed by atoms with Crippen LogP contribution in [0.5, 0.6) is 0 Å². The normalized spacial score (nSPS) is 18.4. The minimum absolute atomic E-state index is 0.0647. The summed E-state index contributed by atoms with van der Waals surface area (Å²) in [7, 11) is 0. The standard InChI is InChI=1S/C9H17NO2.C2H6/c1-9(2,3)10-5-7-12-6-4-8(10)11;1-2/h4-7H2,1-3H3;1-2H3. The summed E-state index contributed by atoms with van der Waals surface area (Å²) in [6.07, 6.45) is 0.525. The van der Waals surface area contributed by atoms with Gasteiger partial charge in [-0.2, -0.15) is 0 Å². The van der Waals surface area contributed by atoms with E-state index in [-0.39, 0.29) is 11.4 Å². The van der Waals surface area contributed by atoms with Gasteiger partial charge in [0, 0.05) is 12.1 Å². The van der Waals surface area contributed by atoms with Crippen molar-refractivity contribution in [2.75, 3.05) is 19.8 Å². The molecule has 1 heterocycles. The molecular weight excluding hydrogens is 178 g/mol. The number of carbonyl (C=O) groups excluding carboxylic acids is 1. The fourth-order valence-electron chi connectivity index (χ4n) is 1.39. The van der Waals surface area contributed by atoms with Gasteiger partial charge in [0.05, 0.1) is 19.6 Å². The first-order valence-electron chi connectivity index (χ1n) is 5.40. The van der Waals surface area contributed by atoms with Gasteiger partial charge in [-0.3, -0.25) is 4.79 Å². The van der Waals surface area contributed by atoms with Crippen LogP contribution in [0.3, 0.4) is 0 Å². The van der Waals surface area contributed by atoms with Crippen LogP contribution in [-0.2, 0) is 9.53 Å². The van der Waals surface area contributed by atoms with Crippen LogP contribution < -0.4 is 0 Å². The Hall–Kier alpha value is -0.570. The van der Waals surface area contributed by atoms with Crippen molar-refractivity contribution < 1.29 is 9.53 Å². The Morgan fingerprint density at radius 2 is 1.79 bits per heavy atom. The molecule has 0 aromatic carbocycles. The molecule has 1 aliphatic heterocycles. The molecule has 3 heteroatoms. The third kappa shape index (κ3) is 4.09. The van der Waals surface area contributed by atoms with Gasteiger partial charge < -0.3 is 9.64 Å². The summed E-state index contributed by atoms with van der Waals surface area (Å²) in [4.78, 5) is 13.4. The number of nitrogens with zero attached hydrogens (tertiary/aromatic N) is 1. The second-order valence-corrected chi connectivity index (χ2v) is 4.08. The molecule has 1 amide bonds. The Morgan fingerprint density at radius 3 is 2.29 bits per heavy atom. The molecule has 1 aliphatic rings. The lowest BCUT2D eigenvalue weighted by atomic mass is 10.1. The molecule has 0 aromatic rings. The predicted molar refractivity (Wildman–Crippen MR) is 58.3 cm³/mol. The monoisotopic (exact) mass is 201 g/mol. The molecule has 14 heavy (non-hydrogen) atoms. The molecule has 0 aliphatic carbocycles. The lowest BCUT2D eigenvalue weighted by Gasteiger charge is -2.34. The third-order valence-corrected chi connectivity index (χ3v) is 2.03. The Labute approximate surface area is 87.4 Å². The predicted octanol–water partition coefficient (Wildman–Crippen LogP) is 2.06. The fraction of sp³-hybridized carbons (Fsp3) is 0.909. The largest absolute Gasteiger partial charge is 0.379 e. The summed E-state index contributed by atoms with van der Waals surface area (Å²) in [6, 6.07) is 0. The Morgan fingerprint density at radius 1 is 1.21 bits per heavy atom. The number of ether oxygens (including phenoxy) is 1. The highest BCUT2D eigenvalue weighted by atomic mass is 16.5. The smallest absolute Gasteiger partial charge is 0.225 e. The molecule has 3 nitrogen and oxygen atoms in total. The average Bonchev–Trinajstić information content (AvgIpc) is 2.32. The van der Waals surface area contributed by atoms with Gasteiger partial charge in [-0.1, -0.05) is 13.8 Å². The van der Waals surface area contributed by atoms with Crippen LogP contribution in [0.15, 0.2) is 0 Å². The van der Waals surface area contributed by atoms with Crippen molar-refractivity contribution >= 4 is 5.91 Å². The van der Waals surface area contributed by atoms with E-state index in [2.05, 4.69) is 20.8 Å². The Balaban J connectivity index is 0.000000791. The molecule has 0 atom stereocenters. The molecule has 0 radical (unpaired) electrons. The molecule has 1 saturated heterocycles. The number of hydrogen-bond donors (Lipinski definition) is 0. The van der Waals surface area contributed by atoms with Crippen LogP contribution in [0, 0.1) is 0 Å². The van der Waals surface area contributed by atoms with Crippen LogP contribution in [0.1, 0.15) is 41.0 Å². The van der Waals surface area contributed by atoms with E-state index in [0.29, 0.717) is 19.6 Å². The first kappa shape index (κ1) is 13.4. The number of amides is 1. The van der Waals surface area contributed by atoms with E-state index >= 15 is 0 Å². The minimum atomic E-state index is -0.0647. The maximum atomic E-state index is 11.5. The van der Waals surface area contributed by atoms with E-state index < -0.39 is 0 Å². The van der Waals surface area contributed by atoms with Gasteiger partial charge in [0.1, 0.15) is 0 Å². The van der Waals surface area contributed by atoms with Gasteiger partial charge in [-0.05, 0) is 20.8 Å². The van der Waals surface area contributed by atoms with E-state index in [1.165, 1.54) is 0 Å². The summed E-state index contributed by atoms with van der Waals surface area (Å²) in [6.45, 7) is 12.1. The van der Waals surface area contributed by atoms with Crippen molar-refractivity contribution in [3.63, 3.8) is 0 Å². The van der Waals surface area contributed by atoms with Crippen LogP contribution >= 0.6 is 0 Å². The Kier molecular flexibility index (Phi) is 5.77. The van der Waals surface area contributed by atoms with E-state index in [9.17, 15) is 4.79 Å². The van der Waals surface area contributed by atoms with Crippen LogP contribution in [-0.4, -0.2) is 36.1 Å². The van der Waals surface area contributed by atoms with Gasteiger partial charge in [-0.25, -0.2) is 0 Å². The minimum Gasteiger partial charge on any atom is -0.379 e. The quantitative estimate of drug-likeness (QED) is 0.600. The highest BCUT2D eigenvalue weighted by molar-refractivity contribution is 5.77. The molecule has 0 N–H and O–H groups in total. The summed E-state index contributed by atoms with van der Waals surface area (Å²) in [5.41, 5.74) is -0.0647. The SMILES string of the molecule is CC.CC(C)(C)N1CCOCCC1=O. The molecule has 1 rings (SSSR count). The van der Waals surface area contributed by atoms with Gasteiger partial charge in [0.15, 0.2) is 0 Å². The van der Waals surface area contributed by atoms with E-state index in [0.717, 1.165) is 6.54 Å². The first-order valence-corrected chi connectivity index (χ1v) is 5.40. The molecule has 0 saturated carbocycles. The molecule has 0 aromatic heterocycles. The zero-order valence-electron chi connectivity index (χ0n) is 10.1. The topological polar surface area (TPSA) is 29.5 Å². The van der Waals surface area contributed by atoms with E-state index in [1.54, 1.807) is 0 Å². The maximum absolute atomic E-state index is 11.5. The van der Waals surface area contributed by atoms with Crippen molar-refractivity contribution in [1.29, 1.82) is 0 Å². The van der Waals surface area contributed by atoms with Crippen LogP contribution in [0.4, 0.5) is 0 Å². The van der Waals surface area contributed by atoms with Gasteiger partial charge in [0.2, 0.25) is 5.91 Å². The van der Waals surface area contributed by atoms with Crippen LogP contribution in [0.2, 0.25) is 0 Å². The molecule has 0 spiro atoms. The van der Waals surface area contributed by atoms with Gasteiger partial charge >= 0.3 is 0 Å². The summed E-state index contributed by atoms with van der Waals surface area (Å²) < 4.78 is 5.23. The Bertz CT molecular complexity index is 173. The second kappa shape index (κ2) is 6.02. The summed E-state index contributed by atoms with van der Waals surface area (Å²) >= 11 is 0. The highest BCUT2D eigenvalue weighted by Gasteiger charge is 2.27. The third-order valence-electron chi connectivity index (χ3n) is 2.03. The fourth-order valence-corrected chi connectivity index (χ4v) is 1.39. The van der Waals surface area contributed by atoms with E-state index in [4.69, 9.17) is 4.74 Å². The summed E-state index contributed by atoms with van der Waals surface area (Å²) in [5, 5.41) is 0. The van der Waals surface area contributed by atoms with E-state index in [1.807, 2.05) is 18.7 Å². The zero-order valence-corrected chi connectivity index (χ0v) is 10.1. The zero-order chi connectivity index (χ0) is 11.2. The lowest BCUT2D eigenvalue weighted by molar-refractivity contribution is -0.134. The number of hydrogen-bond acceptors (Lipinski definition) is 2. The molecular formula is C11H23NO2. The van der Waals surface area contributed by atoms with Crippen molar-refractivity contribution in [3.8, 4) is 0 Å². The summed E-state index contributed by atoms with van der Waals surface area (Å²) in [5.74, 6) is 0.208. The molecule has 0 unspecified atom stereocenters. The number of rotatable bonds is 0. The molecule has 1 fully saturated rings. The van der Waals surface area contributed by atoms with Crippen LogP contribution in [0.25, 0.3) is 0 Å². The van der Waals surface area contributed by atoms with Crippen molar-refractivity contribution in [2.45, 2.75) is 46.6 Å². The van der Waals surface area contributed by atoms with Crippen molar-refractivity contribution in [1.82, 2.24) is 4.90 Å². The van der Waals surface area contributed by atoms with Crippen molar-refractivity contribution in [3.05, 3.63) is 0 Å². The van der Waals surface area contributed by atoms with Gasteiger partial charge in [-0.15, -0.1) is 0 Å². The maximum Gasteiger partial charge on any atom is 0.225 e.